The smallest absolute Gasteiger partial charge is 0.409 e. The molecule has 1 amide bonds. The molecular weight excluding hydrogens is 402 g/mol. The van der Waals surface area contributed by atoms with Crippen LogP contribution in [0, 0.1) is 10.1 Å². The SMILES string of the molecule is CC(=O)N(N=Cc1coc([N+](=O)[O-])c1)c1nc2ccccc2c(=O)n1-c1ccccc1. The molecule has 31 heavy (non-hydrogen) atoms. The minimum absolute atomic E-state index is 0.0170. The van der Waals surface area contributed by atoms with Gasteiger partial charge >= 0.3 is 5.88 Å². The number of aromatic nitrogens is 2. The van der Waals surface area contributed by atoms with Crippen LogP contribution < -0.4 is 10.6 Å². The Morgan fingerprint density at radius 3 is 2.58 bits per heavy atom. The first kappa shape index (κ1) is 19.7. The third-order valence-electron chi connectivity index (χ3n) is 4.37. The molecular formula is C21H15N5O5. The van der Waals surface area contributed by atoms with E-state index in [0.29, 0.717) is 16.6 Å². The van der Waals surface area contributed by atoms with Crippen molar-refractivity contribution in [1.29, 1.82) is 0 Å². The van der Waals surface area contributed by atoms with Crippen molar-refractivity contribution in [2.75, 3.05) is 5.01 Å². The lowest BCUT2D eigenvalue weighted by Gasteiger charge is -2.19. The van der Waals surface area contributed by atoms with Crippen LogP contribution in [-0.2, 0) is 4.79 Å². The lowest BCUT2D eigenvalue weighted by Crippen LogP contribution is -2.32. The number of hydrogen-bond donors (Lipinski definition) is 0. The van der Waals surface area contributed by atoms with E-state index in [0.717, 1.165) is 11.3 Å². The number of fused-ring (bicyclic) bond motifs is 1. The molecule has 4 rings (SSSR count). The summed E-state index contributed by atoms with van der Waals surface area (Å²) in [5.41, 5.74) is 0.802. The first-order chi connectivity index (χ1) is 15.0. The molecule has 0 atom stereocenters. The van der Waals surface area contributed by atoms with Crippen LogP contribution in [0.5, 0.6) is 0 Å². The second-order valence-electron chi connectivity index (χ2n) is 6.46. The van der Waals surface area contributed by atoms with Crippen molar-refractivity contribution in [2.45, 2.75) is 6.92 Å². The van der Waals surface area contributed by atoms with Crippen molar-refractivity contribution in [3.8, 4) is 5.69 Å². The number of hydrogen-bond acceptors (Lipinski definition) is 7. The lowest BCUT2D eigenvalue weighted by molar-refractivity contribution is -0.402. The highest BCUT2D eigenvalue weighted by Gasteiger charge is 2.21. The van der Waals surface area contributed by atoms with E-state index in [-0.39, 0.29) is 17.1 Å². The predicted octanol–water partition coefficient (Wildman–Crippen LogP) is 3.27. The predicted molar refractivity (Wildman–Crippen MR) is 113 cm³/mol. The van der Waals surface area contributed by atoms with E-state index < -0.39 is 16.7 Å². The Hall–Kier alpha value is -4.60. The van der Waals surface area contributed by atoms with Crippen LogP contribution in [0.3, 0.4) is 0 Å². The summed E-state index contributed by atoms with van der Waals surface area (Å²) in [7, 11) is 0. The van der Waals surface area contributed by atoms with Crippen molar-refractivity contribution in [3.05, 3.63) is 93.0 Å². The van der Waals surface area contributed by atoms with Crippen molar-refractivity contribution < 1.29 is 14.1 Å². The Bertz CT molecular complexity index is 1370. The van der Waals surface area contributed by atoms with Gasteiger partial charge in [0, 0.05) is 12.5 Å². The van der Waals surface area contributed by atoms with Gasteiger partial charge in [-0.3, -0.25) is 19.7 Å². The molecule has 10 nitrogen and oxygen atoms in total. The van der Waals surface area contributed by atoms with Gasteiger partial charge in [0.05, 0.1) is 28.9 Å². The summed E-state index contributed by atoms with van der Waals surface area (Å²) in [6.07, 6.45) is 2.35. The van der Waals surface area contributed by atoms with Crippen LogP contribution in [0.25, 0.3) is 16.6 Å². The van der Waals surface area contributed by atoms with Gasteiger partial charge in [-0.15, -0.1) is 0 Å². The lowest BCUT2D eigenvalue weighted by atomic mass is 10.2. The zero-order valence-electron chi connectivity index (χ0n) is 16.2. The molecule has 2 heterocycles. The fourth-order valence-corrected chi connectivity index (χ4v) is 2.97. The number of hydrazone groups is 1. The molecule has 10 heteroatoms. The van der Waals surface area contributed by atoms with Crippen LogP contribution in [-0.4, -0.2) is 26.6 Å². The standard InChI is InChI=1S/C21H15N5O5/c1-14(27)25(22-12-15-11-19(26(29)30)31-13-15)21-23-18-10-6-5-9-17(18)20(28)24(21)16-7-3-2-4-8-16/h2-13H,1H3. The Morgan fingerprint density at radius 1 is 1.19 bits per heavy atom. The molecule has 0 unspecified atom stereocenters. The number of benzene rings is 2. The summed E-state index contributed by atoms with van der Waals surface area (Å²) < 4.78 is 6.12. The fraction of sp³-hybridized carbons (Fsp3) is 0.0476. The van der Waals surface area contributed by atoms with Gasteiger partial charge in [-0.2, -0.15) is 10.1 Å². The maximum Gasteiger partial charge on any atom is 0.433 e. The fourth-order valence-electron chi connectivity index (χ4n) is 2.97. The maximum absolute atomic E-state index is 13.3. The van der Waals surface area contributed by atoms with Gasteiger partial charge in [-0.1, -0.05) is 30.3 Å². The van der Waals surface area contributed by atoms with Crippen molar-refractivity contribution in [3.63, 3.8) is 0 Å². The van der Waals surface area contributed by atoms with Crippen LogP contribution in [0.15, 0.2) is 81.2 Å². The summed E-state index contributed by atoms with van der Waals surface area (Å²) in [5, 5.41) is 16.3. The third-order valence-corrected chi connectivity index (χ3v) is 4.37. The first-order valence-electron chi connectivity index (χ1n) is 9.10. The number of para-hydroxylation sites is 2. The van der Waals surface area contributed by atoms with Gasteiger partial charge in [-0.25, -0.2) is 9.55 Å². The number of nitrogens with zero attached hydrogens (tertiary/aromatic N) is 5. The number of amides is 1. The minimum Gasteiger partial charge on any atom is -0.409 e. The minimum atomic E-state index is -0.683. The molecule has 0 aliphatic heterocycles. The molecule has 154 valence electrons. The van der Waals surface area contributed by atoms with E-state index in [9.17, 15) is 19.7 Å². The summed E-state index contributed by atoms with van der Waals surface area (Å²) in [6.45, 7) is 1.27. The van der Waals surface area contributed by atoms with Gasteiger partial charge in [0.1, 0.15) is 11.2 Å². The van der Waals surface area contributed by atoms with E-state index >= 15 is 0 Å². The highest BCUT2D eigenvalue weighted by Crippen LogP contribution is 2.21. The van der Waals surface area contributed by atoms with Gasteiger partial charge in [-0.05, 0) is 24.3 Å². The van der Waals surface area contributed by atoms with Gasteiger partial charge in [0.25, 0.3) is 5.56 Å². The Kier molecular flexibility index (Phi) is 5.10. The quantitative estimate of drug-likeness (QED) is 0.279. The zero-order chi connectivity index (χ0) is 22.0. The van der Waals surface area contributed by atoms with E-state index in [1.54, 1.807) is 54.6 Å². The monoisotopic (exact) mass is 417 g/mol. The van der Waals surface area contributed by atoms with E-state index in [1.165, 1.54) is 23.8 Å². The molecule has 0 aliphatic carbocycles. The third kappa shape index (κ3) is 3.81. The van der Waals surface area contributed by atoms with Gasteiger partial charge in [0.2, 0.25) is 11.9 Å². The second kappa shape index (κ2) is 8.03. The molecule has 2 aromatic carbocycles. The molecule has 0 N–H and O–H groups in total. The zero-order valence-corrected chi connectivity index (χ0v) is 16.2. The van der Waals surface area contributed by atoms with Crippen LogP contribution in [0.1, 0.15) is 12.5 Å². The summed E-state index contributed by atoms with van der Waals surface area (Å²) in [5.74, 6) is -0.987. The largest absolute Gasteiger partial charge is 0.433 e. The number of anilines is 1. The van der Waals surface area contributed by atoms with E-state index in [1.807, 2.05) is 0 Å². The topological polar surface area (TPSA) is 124 Å². The Morgan fingerprint density at radius 2 is 1.90 bits per heavy atom. The van der Waals surface area contributed by atoms with Crippen molar-refractivity contribution >= 4 is 34.9 Å². The molecule has 2 aromatic heterocycles. The van der Waals surface area contributed by atoms with Crippen LogP contribution in [0.4, 0.5) is 11.8 Å². The first-order valence-corrected chi connectivity index (χ1v) is 9.10. The molecule has 0 spiro atoms. The van der Waals surface area contributed by atoms with Crippen LogP contribution >= 0.6 is 0 Å². The molecule has 4 aromatic rings. The van der Waals surface area contributed by atoms with E-state index in [4.69, 9.17) is 4.42 Å². The number of carbonyl (C=O) groups excluding carboxylic acids is 1. The molecule has 0 saturated heterocycles. The highest BCUT2D eigenvalue weighted by atomic mass is 16.6. The molecule has 0 fully saturated rings. The van der Waals surface area contributed by atoms with Crippen molar-refractivity contribution in [2.24, 2.45) is 5.10 Å². The number of nitro groups is 1. The maximum atomic E-state index is 13.3. The Labute approximate surface area is 174 Å². The van der Waals surface area contributed by atoms with Crippen molar-refractivity contribution in [1.82, 2.24) is 9.55 Å². The average Bonchev–Trinajstić information content (AvgIpc) is 3.24. The highest BCUT2D eigenvalue weighted by molar-refractivity contribution is 5.93. The average molecular weight is 417 g/mol. The summed E-state index contributed by atoms with van der Waals surface area (Å²) in [6, 6.07) is 16.7. The van der Waals surface area contributed by atoms with Gasteiger partial charge < -0.3 is 4.42 Å². The summed E-state index contributed by atoms with van der Waals surface area (Å²) in [4.78, 5) is 40.3. The number of rotatable bonds is 5. The molecule has 0 bridgehead atoms. The Balaban J connectivity index is 1.90. The van der Waals surface area contributed by atoms with E-state index in [2.05, 4.69) is 10.1 Å². The molecule has 0 radical (unpaired) electrons. The summed E-state index contributed by atoms with van der Waals surface area (Å²) >= 11 is 0. The molecule has 0 aliphatic rings. The normalized spacial score (nSPS) is 11.1. The van der Waals surface area contributed by atoms with Gasteiger partial charge in [0.15, 0.2) is 0 Å². The number of furan rings is 1. The molecule has 0 saturated carbocycles. The van der Waals surface area contributed by atoms with Crippen LogP contribution in [0.2, 0.25) is 0 Å². The number of carbonyl (C=O) groups is 1. The second-order valence-corrected chi connectivity index (χ2v) is 6.46.